The van der Waals surface area contributed by atoms with Crippen LogP contribution in [0.15, 0.2) is 23.2 Å². The number of aromatic nitrogens is 1. The molecule has 0 saturated carbocycles. The van der Waals surface area contributed by atoms with Crippen molar-refractivity contribution in [2.75, 3.05) is 18.8 Å². The summed E-state index contributed by atoms with van der Waals surface area (Å²) in [6, 6.07) is 3.00. The van der Waals surface area contributed by atoms with E-state index in [-0.39, 0.29) is 16.6 Å². The van der Waals surface area contributed by atoms with Crippen LogP contribution in [0.5, 0.6) is 0 Å². The van der Waals surface area contributed by atoms with E-state index in [1.54, 1.807) is 6.07 Å². The van der Waals surface area contributed by atoms with Crippen molar-refractivity contribution in [1.29, 1.82) is 0 Å². The largest absolute Gasteiger partial charge is 0.393 e. The molecular formula is C11H17N3O3S. The Morgan fingerprint density at radius 2 is 2.28 bits per heavy atom. The van der Waals surface area contributed by atoms with Gasteiger partial charge in [-0.15, -0.1) is 0 Å². The molecule has 1 aromatic heterocycles. The molecule has 0 spiro atoms. The SMILES string of the molecule is CC1CN(S(=O)(=O)c2cccnc2N)CCC1O. The molecule has 1 aliphatic rings. The second-order valence-electron chi connectivity index (χ2n) is 4.58. The standard InChI is InChI=1S/C11H17N3O3S/c1-8-7-14(6-4-9(8)15)18(16,17)10-3-2-5-13-11(10)12/h2-3,5,8-9,15H,4,6-7H2,1H3,(H2,12,13). The van der Waals surface area contributed by atoms with Crippen LogP contribution < -0.4 is 5.73 Å². The molecule has 0 bridgehead atoms. The summed E-state index contributed by atoms with van der Waals surface area (Å²) in [6.45, 7) is 2.44. The number of anilines is 1. The van der Waals surface area contributed by atoms with Crippen molar-refractivity contribution in [3.8, 4) is 0 Å². The average Bonchev–Trinajstić information content (AvgIpc) is 2.33. The second-order valence-corrected chi connectivity index (χ2v) is 6.49. The number of nitrogens with two attached hydrogens (primary N) is 1. The molecule has 0 aromatic carbocycles. The van der Waals surface area contributed by atoms with Gasteiger partial charge in [-0.3, -0.25) is 0 Å². The number of nitrogen functional groups attached to an aromatic ring is 1. The van der Waals surface area contributed by atoms with E-state index in [1.807, 2.05) is 6.92 Å². The van der Waals surface area contributed by atoms with Gasteiger partial charge in [-0.1, -0.05) is 6.92 Å². The highest BCUT2D eigenvalue weighted by Gasteiger charge is 2.33. The van der Waals surface area contributed by atoms with Gasteiger partial charge >= 0.3 is 0 Å². The van der Waals surface area contributed by atoms with Crippen molar-refractivity contribution >= 4 is 15.8 Å². The first-order valence-corrected chi connectivity index (χ1v) is 7.25. The topological polar surface area (TPSA) is 96.5 Å². The lowest BCUT2D eigenvalue weighted by Gasteiger charge is -2.33. The molecule has 2 atom stereocenters. The molecule has 1 aliphatic heterocycles. The van der Waals surface area contributed by atoms with Crippen LogP contribution in [-0.2, 0) is 10.0 Å². The van der Waals surface area contributed by atoms with Crippen LogP contribution in [0.4, 0.5) is 5.82 Å². The summed E-state index contributed by atoms with van der Waals surface area (Å²) in [7, 11) is -3.61. The molecular weight excluding hydrogens is 254 g/mol. The third kappa shape index (κ3) is 2.33. The highest BCUT2D eigenvalue weighted by molar-refractivity contribution is 7.89. The summed E-state index contributed by atoms with van der Waals surface area (Å²) in [4.78, 5) is 3.83. The minimum atomic E-state index is -3.61. The molecule has 2 rings (SSSR count). The van der Waals surface area contributed by atoms with Crippen LogP contribution in [0.3, 0.4) is 0 Å². The Labute approximate surface area is 106 Å². The van der Waals surface area contributed by atoms with Gasteiger partial charge in [0.25, 0.3) is 0 Å². The Hall–Kier alpha value is -1.18. The van der Waals surface area contributed by atoms with E-state index in [0.29, 0.717) is 19.5 Å². The van der Waals surface area contributed by atoms with Gasteiger partial charge in [-0.2, -0.15) is 4.31 Å². The maximum Gasteiger partial charge on any atom is 0.246 e. The zero-order valence-electron chi connectivity index (χ0n) is 10.2. The van der Waals surface area contributed by atoms with Crippen molar-refractivity contribution in [1.82, 2.24) is 9.29 Å². The molecule has 1 saturated heterocycles. The van der Waals surface area contributed by atoms with Crippen LogP contribution in [0, 0.1) is 5.92 Å². The lowest BCUT2D eigenvalue weighted by molar-refractivity contribution is 0.0629. The van der Waals surface area contributed by atoms with Gasteiger partial charge in [0.05, 0.1) is 6.10 Å². The van der Waals surface area contributed by atoms with Crippen molar-refractivity contribution in [3.05, 3.63) is 18.3 Å². The summed E-state index contributed by atoms with van der Waals surface area (Å²) in [5.41, 5.74) is 5.61. The van der Waals surface area contributed by atoms with Crippen molar-refractivity contribution in [2.24, 2.45) is 5.92 Å². The number of sulfonamides is 1. The fourth-order valence-corrected chi connectivity index (χ4v) is 3.70. The minimum Gasteiger partial charge on any atom is -0.393 e. The number of rotatable bonds is 2. The lowest BCUT2D eigenvalue weighted by atomic mass is 9.99. The summed E-state index contributed by atoms with van der Waals surface area (Å²) in [6.07, 6.45) is 1.46. The predicted molar refractivity (Wildman–Crippen MR) is 67.2 cm³/mol. The molecule has 2 heterocycles. The molecule has 0 radical (unpaired) electrons. The summed E-state index contributed by atoms with van der Waals surface area (Å²) in [5.74, 6) is -0.0669. The smallest absolute Gasteiger partial charge is 0.246 e. The van der Waals surface area contributed by atoms with Gasteiger partial charge in [-0.25, -0.2) is 13.4 Å². The number of piperidine rings is 1. The van der Waals surface area contributed by atoms with Crippen LogP contribution >= 0.6 is 0 Å². The van der Waals surface area contributed by atoms with E-state index in [1.165, 1.54) is 16.6 Å². The first-order valence-electron chi connectivity index (χ1n) is 5.81. The number of aliphatic hydroxyl groups excluding tert-OH is 1. The van der Waals surface area contributed by atoms with E-state index in [4.69, 9.17) is 5.73 Å². The quantitative estimate of drug-likeness (QED) is 0.792. The third-order valence-corrected chi connectivity index (χ3v) is 5.15. The van der Waals surface area contributed by atoms with Crippen LogP contribution in [-0.4, -0.2) is 42.0 Å². The van der Waals surface area contributed by atoms with E-state index >= 15 is 0 Å². The zero-order chi connectivity index (χ0) is 13.3. The van der Waals surface area contributed by atoms with Crippen molar-refractivity contribution in [2.45, 2.75) is 24.3 Å². The minimum absolute atomic E-state index is 0.0104. The molecule has 0 amide bonds. The molecule has 18 heavy (non-hydrogen) atoms. The molecule has 3 N–H and O–H groups in total. The Bertz CT molecular complexity index is 532. The Morgan fingerprint density at radius 3 is 2.89 bits per heavy atom. The zero-order valence-corrected chi connectivity index (χ0v) is 11.0. The molecule has 1 aromatic rings. The Balaban J connectivity index is 2.30. The fourth-order valence-electron chi connectivity index (χ4n) is 2.07. The maximum atomic E-state index is 12.4. The molecule has 100 valence electrons. The second kappa shape index (κ2) is 4.83. The highest BCUT2D eigenvalue weighted by Crippen LogP contribution is 2.25. The maximum absolute atomic E-state index is 12.4. The van der Waals surface area contributed by atoms with Gasteiger partial charge in [0.2, 0.25) is 10.0 Å². The highest BCUT2D eigenvalue weighted by atomic mass is 32.2. The number of pyridine rings is 1. The monoisotopic (exact) mass is 271 g/mol. The number of hydrogen-bond donors (Lipinski definition) is 2. The fraction of sp³-hybridized carbons (Fsp3) is 0.545. The average molecular weight is 271 g/mol. The van der Waals surface area contributed by atoms with Crippen molar-refractivity contribution < 1.29 is 13.5 Å². The summed E-state index contributed by atoms with van der Waals surface area (Å²) >= 11 is 0. The van der Waals surface area contributed by atoms with E-state index < -0.39 is 16.1 Å². The third-order valence-electron chi connectivity index (χ3n) is 3.24. The normalized spacial score (nSPS) is 26.1. The van der Waals surface area contributed by atoms with E-state index in [9.17, 15) is 13.5 Å². The van der Waals surface area contributed by atoms with Crippen LogP contribution in [0.25, 0.3) is 0 Å². The Kier molecular flexibility index (Phi) is 3.56. The Morgan fingerprint density at radius 1 is 1.56 bits per heavy atom. The summed E-state index contributed by atoms with van der Waals surface area (Å²) in [5, 5.41) is 9.63. The molecule has 0 aliphatic carbocycles. The number of aliphatic hydroxyl groups is 1. The lowest BCUT2D eigenvalue weighted by Crippen LogP contribution is -2.45. The van der Waals surface area contributed by atoms with Crippen LogP contribution in [0.1, 0.15) is 13.3 Å². The first-order chi connectivity index (χ1) is 8.43. The van der Waals surface area contributed by atoms with Crippen molar-refractivity contribution in [3.63, 3.8) is 0 Å². The van der Waals surface area contributed by atoms with Gasteiger partial charge in [-0.05, 0) is 24.5 Å². The van der Waals surface area contributed by atoms with E-state index in [2.05, 4.69) is 4.98 Å². The van der Waals surface area contributed by atoms with Gasteiger partial charge < -0.3 is 10.8 Å². The first kappa shape index (κ1) is 13.3. The number of hydrogen-bond acceptors (Lipinski definition) is 5. The predicted octanol–water partition coefficient (Wildman–Crippen LogP) is 0.0552. The van der Waals surface area contributed by atoms with Gasteiger partial charge in [0, 0.05) is 19.3 Å². The summed E-state index contributed by atoms with van der Waals surface area (Å²) < 4.78 is 26.1. The van der Waals surface area contributed by atoms with Crippen LogP contribution in [0.2, 0.25) is 0 Å². The molecule has 1 fully saturated rings. The van der Waals surface area contributed by atoms with Gasteiger partial charge in [0.15, 0.2) is 0 Å². The van der Waals surface area contributed by atoms with Gasteiger partial charge in [0.1, 0.15) is 10.7 Å². The molecule has 6 nitrogen and oxygen atoms in total. The molecule has 7 heteroatoms. The van der Waals surface area contributed by atoms with E-state index in [0.717, 1.165) is 0 Å². The number of nitrogens with zero attached hydrogens (tertiary/aromatic N) is 2. The molecule has 2 unspecified atom stereocenters.